The molecule has 0 radical (unpaired) electrons. The lowest BCUT2D eigenvalue weighted by Gasteiger charge is -2.24. The van der Waals surface area contributed by atoms with Crippen LogP contribution in [-0.2, 0) is 9.47 Å². The Morgan fingerprint density at radius 3 is 2.75 bits per heavy atom. The topological polar surface area (TPSA) is 30.8 Å². The lowest BCUT2D eigenvalue weighted by Crippen LogP contribution is -2.30. The van der Waals surface area contributed by atoms with Gasteiger partial charge in [0.2, 0.25) is 0 Å². The zero-order valence-corrected chi connectivity index (χ0v) is 7.51. The fourth-order valence-electron chi connectivity index (χ4n) is 1.78. The molecule has 3 nitrogen and oxygen atoms in total. The van der Waals surface area contributed by atoms with Crippen LogP contribution in [0.3, 0.4) is 0 Å². The molecule has 2 aliphatic rings. The van der Waals surface area contributed by atoms with Crippen LogP contribution in [-0.4, -0.2) is 31.3 Å². The molecule has 0 amide bonds. The summed E-state index contributed by atoms with van der Waals surface area (Å²) in [4.78, 5) is 4.40. The van der Waals surface area contributed by atoms with Gasteiger partial charge in [-0.2, -0.15) is 0 Å². The van der Waals surface area contributed by atoms with Gasteiger partial charge in [-0.25, -0.2) is 0 Å². The average molecular weight is 169 g/mol. The van der Waals surface area contributed by atoms with Gasteiger partial charge in [0.25, 0.3) is 0 Å². The van der Waals surface area contributed by atoms with E-state index in [0.717, 1.165) is 39.0 Å². The van der Waals surface area contributed by atoms with Gasteiger partial charge in [0, 0.05) is 25.1 Å². The van der Waals surface area contributed by atoms with Gasteiger partial charge < -0.3 is 9.47 Å². The summed E-state index contributed by atoms with van der Waals surface area (Å²) >= 11 is 0. The first kappa shape index (κ1) is 8.20. The van der Waals surface area contributed by atoms with Crippen LogP contribution in [0.5, 0.6) is 0 Å². The van der Waals surface area contributed by atoms with Gasteiger partial charge in [0.1, 0.15) is 0 Å². The highest BCUT2D eigenvalue weighted by Crippen LogP contribution is 2.30. The highest BCUT2D eigenvalue weighted by Gasteiger charge is 2.36. The van der Waals surface area contributed by atoms with Gasteiger partial charge in [0.15, 0.2) is 5.79 Å². The first-order valence-corrected chi connectivity index (χ1v) is 4.59. The molecular formula is C9H15NO2. The molecule has 12 heavy (non-hydrogen) atoms. The Labute approximate surface area is 72.8 Å². The van der Waals surface area contributed by atoms with E-state index in [1.807, 2.05) is 0 Å². The van der Waals surface area contributed by atoms with Crippen LogP contribution in [0.2, 0.25) is 0 Å². The van der Waals surface area contributed by atoms with E-state index in [-0.39, 0.29) is 5.79 Å². The minimum Gasteiger partial charge on any atom is -0.347 e. The molecule has 68 valence electrons. The molecular weight excluding hydrogens is 154 g/mol. The number of ether oxygens (including phenoxy) is 2. The van der Waals surface area contributed by atoms with Crippen molar-refractivity contribution in [3.05, 3.63) is 0 Å². The molecule has 0 unspecified atom stereocenters. The van der Waals surface area contributed by atoms with Crippen molar-refractivity contribution in [3.8, 4) is 0 Å². The first-order valence-electron chi connectivity index (χ1n) is 4.59. The third kappa shape index (κ3) is 1.52. The molecule has 1 saturated heterocycles. The van der Waals surface area contributed by atoms with E-state index in [0.29, 0.717) is 0 Å². The summed E-state index contributed by atoms with van der Waals surface area (Å²) in [6.45, 7) is 4.43. The minimum absolute atomic E-state index is 0.277. The van der Waals surface area contributed by atoms with Gasteiger partial charge in [0.05, 0.1) is 13.2 Å². The Hall–Kier alpha value is -0.410. The second-order valence-corrected chi connectivity index (χ2v) is 3.47. The zero-order chi connectivity index (χ0) is 8.44. The van der Waals surface area contributed by atoms with E-state index in [2.05, 4.69) is 11.9 Å². The average Bonchev–Trinajstić information content (AvgIpc) is 2.42. The van der Waals surface area contributed by atoms with Crippen LogP contribution < -0.4 is 0 Å². The van der Waals surface area contributed by atoms with Crippen LogP contribution in [0.15, 0.2) is 4.99 Å². The number of hydrogen-bond acceptors (Lipinski definition) is 3. The third-order valence-corrected chi connectivity index (χ3v) is 2.56. The fraction of sp³-hybridized carbons (Fsp3) is 0.889. The lowest BCUT2D eigenvalue weighted by atomic mass is 10.1. The van der Waals surface area contributed by atoms with Crippen molar-refractivity contribution >= 4 is 5.71 Å². The molecule has 1 spiro atoms. The Bertz CT molecular complexity index is 195. The SMILES string of the molecule is CC1=NCCC2(CC1)OCCO2. The second-order valence-electron chi connectivity index (χ2n) is 3.47. The summed E-state index contributed by atoms with van der Waals surface area (Å²) in [5, 5.41) is 0. The van der Waals surface area contributed by atoms with E-state index in [1.54, 1.807) is 0 Å². The maximum absolute atomic E-state index is 5.61. The molecule has 0 aromatic rings. The first-order chi connectivity index (χ1) is 5.81. The van der Waals surface area contributed by atoms with Gasteiger partial charge in [-0.3, -0.25) is 4.99 Å². The molecule has 3 heteroatoms. The predicted octanol–water partition coefficient (Wildman–Crippen LogP) is 1.37. The summed E-state index contributed by atoms with van der Waals surface area (Å²) in [7, 11) is 0. The number of aliphatic imine (C=N–C) groups is 1. The highest BCUT2D eigenvalue weighted by molar-refractivity contribution is 5.82. The zero-order valence-electron chi connectivity index (χ0n) is 7.51. The second kappa shape index (κ2) is 3.15. The standard InChI is InChI=1S/C9H15NO2/c1-8-2-3-9(4-5-10-8)11-6-7-12-9/h2-7H2,1H3. The number of nitrogens with zero attached hydrogens (tertiary/aromatic N) is 1. The monoisotopic (exact) mass is 169 g/mol. The van der Waals surface area contributed by atoms with Crippen molar-refractivity contribution in [1.29, 1.82) is 0 Å². The number of hydrogen-bond donors (Lipinski definition) is 0. The van der Waals surface area contributed by atoms with Crippen LogP contribution in [0.1, 0.15) is 26.2 Å². The van der Waals surface area contributed by atoms with E-state index >= 15 is 0 Å². The summed E-state index contributed by atoms with van der Waals surface area (Å²) in [5.41, 5.74) is 1.23. The summed E-state index contributed by atoms with van der Waals surface area (Å²) in [6, 6.07) is 0. The van der Waals surface area contributed by atoms with Crippen LogP contribution in [0.25, 0.3) is 0 Å². The molecule has 2 rings (SSSR count). The maximum atomic E-state index is 5.61. The van der Waals surface area contributed by atoms with Crippen molar-refractivity contribution in [3.63, 3.8) is 0 Å². The molecule has 0 saturated carbocycles. The Morgan fingerprint density at radius 1 is 1.25 bits per heavy atom. The van der Waals surface area contributed by atoms with Gasteiger partial charge in [-0.05, 0) is 13.3 Å². The van der Waals surface area contributed by atoms with E-state index in [1.165, 1.54) is 5.71 Å². The van der Waals surface area contributed by atoms with Gasteiger partial charge in [-0.15, -0.1) is 0 Å². The molecule has 0 aliphatic carbocycles. The van der Waals surface area contributed by atoms with Crippen molar-refractivity contribution < 1.29 is 9.47 Å². The molecule has 0 aromatic carbocycles. The Balaban J connectivity index is 2.01. The van der Waals surface area contributed by atoms with Crippen LogP contribution >= 0.6 is 0 Å². The minimum atomic E-state index is -0.277. The number of rotatable bonds is 0. The largest absolute Gasteiger partial charge is 0.347 e. The predicted molar refractivity (Wildman–Crippen MR) is 46.5 cm³/mol. The fourth-order valence-corrected chi connectivity index (χ4v) is 1.78. The molecule has 0 aromatic heterocycles. The van der Waals surface area contributed by atoms with E-state index < -0.39 is 0 Å². The van der Waals surface area contributed by atoms with Crippen molar-refractivity contribution in [2.45, 2.75) is 32.0 Å². The molecule has 2 aliphatic heterocycles. The molecule has 1 fully saturated rings. The molecule has 0 bridgehead atoms. The molecule has 0 N–H and O–H groups in total. The van der Waals surface area contributed by atoms with Gasteiger partial charge in [-0.1, -0.05) is 0 Å². The Morgan fingerprint density at radius 2 is 2.00 bits per heavy atom. The quantitative estimate of drug-likeness (QED) is 0.548. The highest BCUT2D eigenvalue weighted by atomic mass is 16.7. The van der Waals surface area contributed by atoms with Crippen molar-refractivity contribution in [2.75, 3.05) is 19.8 Å². The van der Waals surface area contributed by atoms with Gasteiger partial charge >= 0.3 is 0 Å². The lowest BCUT2D eigenvalue weighted by molar-refractivity contribution is -0.162. The maximum Gasteiger partial charge on any atom is 0.170 e. The summed E-state index contributed by atoms with van der Waals surface area (Å²) in [5.74, 6) is -0.277. The summed E-state index contributed by atoms with van der Waals surface area (Å²) in [6.07, 6.45) is 2.91. The van der Waals surface area contributed by atoms with Crippen LogP contribution in [0, 0.1) is 0 Å². The summed E-state index contributed by atoms with van der Waals surface area (Å²) < 4.78 is 11.2. The van der Waals surface area contributed by atoms with E-state index in [9.17, 15) is 0 Å². The van der Waals surface area contributed by atoms with Crippen LogP contribution in [0.4, 0.5) is 0 Å². The Kier molecular flexibility index (Phi) is 2.15. The molecule has 2 heterocycles. The van der Waals surface area contributed by atoms with Crippen molar-refractivity contribution in [1.82, 2.24) is 0 Å². The smallest absolute Gasteiger partial charge is 0.170 e. The van der Waals surface area contributed by atoms with Crippen molar-refractivity contribution in [2.24, 2.45) is 4.99 Å². The molecule has 0 atom stereocenters. The normalized spacial score (nSPS) is 28.6. The third-order valence-electron chi connectivity index (χ3n) is 2.56. The van der Waals surface area contributed by atoms with E-state index in [4.69, 9.17) is 9.47 Å².